The number of nitrogens with zero attached hydrogens (tertiary/aromatic N) is 1. The molecule has 2 amide bonds. The Morgan fingerprint density at radius 2 is 1.54 bits per heavy atom. The number of ether oxygens (including phenoxy) is 2. The van der Waals surface area contributed by atoms with E-state index in [0.29, 0.717) is 11.4 Å². The first kappa shape index (κ1) is 15.1. The summed E-state index contributed by atoms with van der Waals surface area (Å²) in [6, 6.07) is 6.35. The highest BCUT2D eigenvalue weighted by atomic mass is 16.5. The van der Waals surface area contributed by atoms with Gasteiger partial charge in [0.05, 0.1) is 28.7 Å². The van der Waals surface area contributed by atoms with Gasteiger partial charge in [0.15, 0.2) is 0 Å². The Kier molecular flexibility index (Phi) is 2.85. The lowest BCUT2D eigenvalue weighted by Crippen LogP contribution is -2.39. The predicted molar refractivity (Wildman–Crippen MR) is 84.3 cm³/mol. The van der Waals surface area contributed by atoms with Crippen LogP contribution in [-0.4, -0.2) is 29.0 Å². The fraction of sp³-hybridized carbons (Fsp3) is 0.389. The van der Waals surface area contributed by atoms with Crippen LogP contribution in [-0.2, 0) is 19.1 Å². The molecule has 1 aromatic rings. The highest BCUT2D eigenvalue weighted by Crippen LogP contribution is 2.57. The average Bonchev–Trinajstić information content (AvgIpc) is 3.04. The number of rotatable bonds is 2. The van der Waals surface area contributed by atoms with Crippen molar-refractivity contribution in [2.75, 3.05) is 4.90 Å². The first-order valence-corrected chi connectivity index (χ1v) is 7.82. The van der Waals surface area contributed by atoms with Gasteiger partial charge in [-0.3, -0.25) is 14.4 Å². The topological polar surface area (TPSA) is 72.9 Å². The summed E-state index contributed by atoms with van der Waals surface area (Å²) < 4.78 is 10.9. The van der Waals surface area contributed by atoms with Gasteiger partial charge in [0, 0.05) is 6.92 Å². The van der Waals surface area contributed by atoms with E-state index < -0.39 is 29.0 Å². The molecule has 0 spiro atoms. The molecule has 3 aliphatic rings. The fourth-order valence-corrected chi connectivity index (χ4v) is 4.11. The number of carbonyl (C=O) groups excluding carboxylic acids is 3. The third kappa shape index (κ3) is 1.83. The summed E-state index contributed by atoms with van der Waals surface area (Å²) in [4.78, 5) is 38.0. The second-order valence-electron chi connectivity index (χ2n) is 6.86. The molecule has 4 atom stereocenters. The summed E-state index contributed by atoms with van der Waals surface area (Å²) in [5.74, 6) is -1.57. The molecule has 6 heteroatoms. The molecule has 1 aromatic carbocycles. The molecule has 0 N–H and O–H groups in total. The van der Waals surface area contributed by atoms with Gasteiger partial charge in [0.25, 0.3) is 0 Å². The Bertz CT molecular complexity index is 762. The molecule has 24 heavy (non-hydrogen) atoms. The third-order valence-corrected chi connectivity index (χ3v) is 5.08. The van der Waals surface area contributed by atoms with Crippen molar-refractivity contribution in [3.05, 3.63) is 36.4 Å². The van der Waals surface area contributed by atoms with Crippen molar-refractivity contribution in [2.24, 2.45) is 11.8 Å². The molecule has 2 fully saturated rings. The lowest BCUT2D eigenvalue weighted by atomic mass is 9.73. The molecule has 0 radical (unpaired) electrons. The van der Waals surface area contributed by atoms with Gasteiger partial charge in [0.1, 0.15) is 5.75 Å². The minimum atomic E-state index is -0.738. The third-order valence-electron chi connectivity index (χ3n) is 5.08. The second-order valence-corrected chi connectivity index (χ2v) is 6.86. The largest absolute Gasteiger partial charge is 0.427 e. The van der Waals surface area contributed by atoms with Gasteiger partial charge in [-0.2, -0.15) is 0 Å². The SMILES string of the molecule is CC(=O)Oc1ccc(N2C(=O)[C@@H]3[C@H](C2=O)[C@]2(C)C=C[C@]3(C)O2)cc1. The molecule has 3 aliphatic heterocycles. The normalized spacial score (nSPS) is 36.4. The standard InChI is InChI=1S/C18H17NO5/c1-10(20)23-12-6-4-11(5-7-12)19-15(21)13-14(16(19)22)18(3)9-8-17(13,2)24-18/h4-9,13-14H,1-3H3/t13-,14+,17-,18-/m0/s1. The van der Waals surface area contributed by atoms with Crippen LogP contribution in [0.25, 0.3) is 0 Å². The van der Waals surface area contributed by atoms with Crippen LogP contribution < -0.4 is 9.64 Å². The Hall–Kier alpha value is -2.47. The predicted octanol–water partition coefficient (Wildman–Crippen LogP) is 1.83. The first-order chi connectivity index (χ1) is 11.3. The van der Waals surface area contributed by atoms with Crippen LogP contribution in [0.2, 0.25) is 0 Å². The molecular weight excluding hydrogens is 310 g/mol. The van der Waals surface area contributed by atoms with Crippen molar-refractivity contribution in [2.45, 2.75) is 32.0 Å². The van der Waals surface area contributed by atoms with Crippen molar-refractivity contribution in [1.29, 1.82) is 0 Å². The highest BCUT2D eigenvalue weighted by Gasteiger charge is 2.70. The zero-order valence-electron chi connectivity index (χ0n) is 13.6. The monoisotopic (exact) mass is 327 g/mol. The summed E-state index contributed by atoms with van der Waals surface area (Å²) in [6.07, 6.45) is 3.76. The Labute approximate surface area is 139 Å². The molecule has 0 aromatic heterocycles. The number of hydrogen-bond donors (Lipinski definition) is 0. The Balaban J connectivity index is 1.68. The number of imide groups is 1. The van der Waals surface area contributed by atoms with Crippen molar-refractivity contribution in [3.8, 4) is 5.75 Å². The van der Waals surface area contributed by atoms with E-state index in [1.807, 2.05) is 26.0 Å². The summed E-state index contributed by atoms with van der Waals surface area (Å²) in [7, 11) is 0. The summed E-state index contributed by atoms with van der Waals surface area (Å²) >= 11 is 0. The van der Waals surface area contributed by atoms with Gasteiger partial charge in [-0.1, -0.05) is 12.2 Å². The van der Waals surface area contributed by atoms with Crippen molar-refractivity contribution >= 4 is 23.5 Å². The van der Waals surface area contributed by atoms with Gasteiger partial charge in [-0.25, -0.2) is 4.90 Å². The highest BCUT2D eigenvalue weighted by molar-refractivity contribution is 6.23. The number of hydrogen-bond acceptors (Lipinski definition) is 5. The van der Waals surface area contributed by atoms with Crippen LogP contribution in [0.3, 0.4) is 0 Å². The molecule has 0 saturated carbocycles. The average molecular weight is 327 g/mol. The molecule has 6 nitrogen and oxygen atoms in total. The van der Waals surface area contributed by atoms with E-state index in [1.54, 1.807) is 24.3 Å². The first-order valence-electron chi connectivity index (χ1n) is 7.82. The molecule has 0 aliphatic carbocycles. The van der Waals surface area contributed by atoms with E-state index in [9.17, 15) is 14.4 Å². The van der Waals surface area contributed by atoms with Crippen molar-refractivity contribution in [1.82, 2.24) is 0 Å². The lowest BCUT2D eigenvalue weighted by Gasteiger charge is -2.25. The maximum Gasteiger partial charge on any atom is 0.308 e. The van der Waals surface area contributed by atoms with Crippen LogP contribution in [0.4, 0.5) is 5.69 Å². The molecule has 4 rings (SSSR count). The van der Waals surface area contributed by atoms with E-state index in [4.69, 9.17) is 9.47 Å². The summed E-state index contributed by atoms with van der Waals surface area (Å²) in [5, 5.41) is 0. The van der Waals surface area contributed by atoms with Crippen LogP contribution in [0.5, 0.6) is 5.75 Å². The number of anilines is 1. The fourth-order valence-electron chi connectivity index (χ4n) is 4.11. The minimum absolute atomic E-state index is 0.249. The van der Waals surface area contributed by atoms with Gasteiger partial charge >= 0.3 is 5.97 Å². The van der Waals surface area contributed by atoms with Crippen LogP contribution >= 0.6 is 0 Å². The molecule has 2 saturated heterocycles. The van der Waals surface area contributed by atoms with Crippen molar-refractivity contribution in [3.63, 3.8) is 0 Å². The van der Waals surface area contributed by atoms with Gasteiger partial charge in [-0.05, 0) is 38.1 Å². The van der Waals surface area contributed by atoms with E-state index in [1.165, 1.54) is 11.8 Å². The second kappa shape index (κ2) is 4.54. The summed E-state index contributed by atoms with van der Waals surface area (Å²) in [5.41, 5.74) is -1.00. The molecule has 0 unspecified atom stereocenters. The number of benzene rings is 1. The summed E-state index contributed by atoms with van der Waals surface area (Å²) in [6.45, 7) is 5.00. The maximum absolute atomic E-state index is 12.9. The number of esters is 1. The molecule has 2 bridgehead atoms. The van der Waals surface area contributed by atoms with Gasteiger partial charge in [-0.15, -0.1) is 0 Å². The van der Waals surface area contributed by atoms with Crippen LogP contribution in [0.1, 0.15) is 20.8 Å². The molecular formula is C18H17NO5. The van der Waals surface area contributed by atoms with E-state index in [-0.39, 0.29) is 11.8 Å². The number of amides is 2. The quantitative estimate of drug-likeness (QED) is 0.359. The van der Waals surface area contributed by atoms with E-state index in [2.05, 4.69) is 0 Å². The lowest BCUT2D eigenvalue weighted by molar-refractivity contribution is -0.132. The molecule has 3 heterocycles. The Morgan fingerprint density at radius 3 is 2.00 bits per heavy atom. The zero-order valence-corrected chi connectivity index (χ0v) is 13.6. The van der Waals surface area contributed by atoms with Crippen LogP contribution in [0, 0.1) is 11.8 Å². The molecule has 124 valence electrons. The number of carbonyl (C=O) groups is 3. The van der Waals surface area contributed by atoms with E-state index in [0.717, 1.165) is 0 Å². The van der Waals surface area contributed by atoms with E-state index >= 15 is 0 Å². The Morgan fingerprint density at radius 1 is 1.04 bits per heavy atom. The maximum atomic E-state index is 12.9. The number of fused-ring (bicyclic) bond motifs is 5. The van der Waals surface area contributed by atoms with Crippen LogP contribution in [0.15, 0.2) is 36.4 Å². The minimum Gasteiger partial charge on any atom is -0.427 e. The zero-order chi connectivity index (χ0) is 17.3. The van der Waals surface area contributed by atoms with Gasteiger partial charge < -0.3 is 9.47 Å². The van der Waals surface area contributed by atoms with Crippen molar-refractivity contribution < 1.29 is 23.9 Å². The van der Waals surface area contributed by atoms with Gasteiger partial charge in [0.2, 0.25) is 11.8 Å². The smallest absolute Gasteiger partial charge is 0.308 e.